The lowest BCUT2D eigenvalue weighted by molar-refractivity contribution is 0.233. The smallest absolute Gasteiger partial charge is 0.315 e. The Morgan fingerprint density at radius 1 is 1.30 bits per heavy atom. The molecule has 0 spiro atoms. The van der Waals surface area contributed by atoms with Crippen molar-refractivity contribution in [3.8, 4) is 0 Å². The Bertz CT molecular complexity index is 526. The molecule has 2 atom stereocenters. The van der Waals surface area contributed by atoms with Gasteiger partial charge in [0.2, 0.25) is 0 Å². The fraction of sp³-hybridized carbons (Fsp3) is 0.357. The van der Waals surface area contributed by atoms with Gasteiger partial charge in [-0.15, -0.1) is 0 Å². The number of rotatable bonds is 5. The number of hydrogen-bond donors (Lipinski definition) is 2. The molecule has 0 radical (unpaired) electrons. The van der Waals surface area contributed by atoms with Gasteiger partial charge in [0.15, 0.2) is 0 Å². The maximum Gasteiger partial charge on any atom is 0.315 e. The molecule has 2 unspecified atom stereocenters. The summed E-state index contributed by atoms with van der Waals surface area (Å²) in [5.41, 5.74) is 0.977. The van der Waals surface area contributed by atoms with Gasteiger partial charge in [0, 0.05) is 37.4 Å². The molecule has 0 aliphatic rings. The summed E-state index contributed by atoms with van der Waals surface area (Å²) in [6.45, 7) is 4.57. The number of hydrogen-bond acceptors (Lipinski definition) is 3. The molecule has 2 rings (SSSR count). The van der Waals surface area contributed by atoms with Crippen molar-refractivity contribution in [2.45, 2.75) is 32.5 Å². The van der Waals surface area contributed by atoms with Crippen LogP contribution in [0.1, 0.15) is 25.5 Å². The second kappa shape index (κ2) is 6.70. The first kappa shape index (κ1) is 14.0. The van der Waals surface area contributed by atoms with Gasteiger partial charge in [-0.1, -0.05) is 6.07 Å². The van der Waals surface area contributed by atoms with Crippen LogP contribution in [0.25, 0.3) is 0 Å². The largest absolute Gasteiger partial charge is 0.335 e. The fourth-order valence-electron chi connectivity index (χ4n) is 1.93. The number of carbonyl (C=O) groups is 1. The third-order valence-electron chi connectivity index (χ3n) is 2.95. The Kier molecular flexibility index (Phi) is 4.70. The van der Waals surface area contributed by atoms with Crippen LogP contribution in [-0.2, 0) is 6.54 Å². The summed E-state index contributed by atoms with van der Waals surface area (Å²) in [7, 11) is 0. The Morgan fingerprint density at radius 2 is 2.15 bits per heavy atom. The molecule has 106 valence electrons. The minimum absolute atomic E-state index is 0.0188. The van der Waals surface area contributed by atoms with Crippen molar-refractivity contribution >= 4 is 6.03 Å². The topological polar surface area (TPSA) is 71.8 Å². The number of pyridine rings is 1. The Balaban J connectivity index is 1.80. The zero-order chi connectivity index (χ0) is 14.4. The van der Waals surface area contributed by atoms with Gasteiger partial charge in [-0.3, -0.25) is 4.98 Å². The molecular formula is C14H19N5O. The van der Waals surface area contributed by atoms with E-state index in [1.54, 1.807) is 24.9 Å². The Morgan fingerprint density at radius 3 is 2.80 bits per heavy atom. The molecule has 2 amide bonds. The summed E-state index contributed by atoms with van der Waals surface area (Å²) in [6, 6.07) is 3.54. The minimum Gasteiger partial charge on any atom is -0.335 e. The van der Waals surface area contributed by atoms with Gasteiger partial charge in [0.05, 0.1) is 12.4 Å². The second-order valence-electron chi connectivity index (χ2n) is 4.79. The minimum atomic E-state index is -0.186. The predicted octanol–water partition coefficient (Wildman–Crippen LogP) is 1.73. The highest BCUT2D eigenvalue weighted by molar-refractivity contribution is 5.74. The van der Waals surface area contributed by atoms with Crippen LogP contribution in [0.4, 0.5) is 4.79 Å². The van der Waals surface area contributed by atoms with E-state index in [0.29, 0.717) is 6.54 Å². The van der Waals surface area contributed by atoms with Crippen molar-refractivity contribution in [3.63, 3.8) is 0 Å². The fourth-order valence-corrected chi connectivity index (χ4v) is 1.93. The van der Waals surface area contributed by atoms with E-state index in [1.807, 2.05) is 36.7 Å². The lowest BCUT2D eigenvalue weighted by atomic mass is 10.1. The molecule has 0 aliphatic carbocycles. The van der Waals surface area contributed by atoms with Crippen LogP contribution in [0.3, 0.4) is 0 Å². The molecule has 0 aromatic carbocycles. The Hall–Kier alpha value is -2.37. The molecule has 0 saturated carbocycles. The standard InChI is InChI=1S/C14H19N5O/c1-11(9-19-7-6-16-10-19)17-14(20)18-12(2)13-4-3-5-15-8-13/h3-8,10-12H,9H2,1-2H3,(H2,17,18,20). The van der Waals surface area contributed by atoms with Gasteiger partial charge in [-0.25, -0.2) is 9.78 Å². The summed E-state index contributed by atoms with van der Waals surface area (Å²) in [4.78, 5) is 19.9. The predicted molar refractivity (Wildman–Crippen MR) is 76.0 cm³/mol. The molecule has 6 nitrogen and oxygen atoms in total. The van der Waals surface area contributed by atoms with E-state index in [4.69, 9.17) is 0 Å². The number of imidazole rings is 1. The van der Waals surface area contributed by atoms with E-state index in [1.165, 1.54) is 0 Å². The van der Waals surface area contributed by atoms with Crippen LogP contribution >= 0.6 is 0 Å². The van der Waals surface area contributed by atoms with Crippen molar-refractivity contribution in [1.82, 2.24) is 25.2 Å². The quantitative estimate of drug-likeness (QED) is 0.871. The van der Waals surface area contributed by atoms with E-state index in [2.05, 4.69) is 20.6 Å². The highest BCUT2D eigenvalue weighted by atomic mass is 16.2. The first-order chi connectivity index (χ1) is 9.65. The number of nitrogens with one attached hydrogen (secondary N) is 2. The highest BCUT2D eigenvalue weighted by Crippen LogP contribution is 2.09. The summed E-state index contributed by atoms with van der Waals surface area (Å²) in [5, 5.41) is 5.79. The van der Waals surface area contributed by atoms with Gasteiger partial charge in [-0.05, 0) is 25.5 Å². The normalized spacial score (nSPS) is 13.5. The third kappa shape index (κ3) is 4.08. The van der Waals surface area contributed by atoms with Crippen molar-refractivity contribution in [1.29, 1.82) is 0 Å². The van der Waals surface area contributed by atoms with Crippen LogP contribution in [0, 0.1) is 0 Å². The van der Waals surface area contributed by atoms with Gasteiger partial charge < -0.3 is 15.2 Å². The van der Waals surface area contributed by atoms with Gasteiger partial charge in [0.1, 0.15) is 0 Å². The molecule has 2 heterocycles. The summed E-state index contributed by atoms with van der Waals surface area (Å²) >= 11 is 0. The molecular weight excluding hydrogens is 254 g/mol. The second-order valence-corrected chi connectivity index (χ2v) is 4.79. The average Bonchev–Trinajstić information content (AvgIpc) is 2.92. The van der Waals surface area contributed by atoms with Crippen LogP contribution in [0.5, 0.6) is 0 Å². The van der Waals surface area contributed by atoms with Crippen molar-refractivity contribution in [2.24, 2.45) is 0 Å². The first-order valence-electron chi connectivity index (χ1n) is 6.58. The third-order valence-corrected chi connectivity index (χ3v) is 2.95. The summed E-state index contributed by atoms with van der Waals surface area (Å²) < 4.78 is 1.93. The number of aromatic nitrogens is 3. The SMILES string of the molecule is CC(Cn1ccnc1)NC(=O)NC(C)c1cccnc1. The number of carbonyl (C=O) groups excluding carboxylic acids is 1. The van der Waals surface area contributed by atoms with E-state index in [0.717, 1.165) is 5.56 Å². The molecule has 2 aromatic rings. The monoisotopic (exact) mass is 273 g/mol. The number of urea groups is 1. The maximum absolute atomic E-state index is 11.9. The van der Waals surface area contributed by atoms with Crippen molar-refractivity contribution < 1.29 is 4.79 Å². The van der Waals surface area contributed by atoms with Gasteiger partial charge >= 0.3 is 6.03 Å². The maximum atomic E-state index is 11.9. The molecule has 20 heavy (non-hydrogen) atoms. The zero-order valence-corrected chi connectivity index (χ0v) is 11.7. The summed E-state index contributed by atoms with van der Waals surface area (Å²) in [6.07, 6.45) is 8.78. The molecule has 0 saturated heterocycles. The van der Waals surface area contributed by atoms with Gasteiger partial charge in [-0.2, -0.15) is 0 Å². The molecule has 0 fully saturated rings. The van der Waals surface area contributed by atoms with Crippen LogP contribution in [0.15, 0.2) is 43.2 Å². The Labute approximate surface area is 118 Å². The van der Waals surface area contributed by atoms with Crippen LogP contribution < -0.4 is 10.6 Å². The molecule has 0 bridgehead atoms. The van der Waals surface area contributed by atoms with E-state index < -0.39 is 0 Å². The first-order valence-corrected chi connectivity index (χ1v) is 6.58. The van der Waals surface area contributed by atoms with Crippen molar-refractivity contribution in [2.75, 3.05) is 0 Å². The van der Waals surface area contributed by atoms with Crippen LogP contribution in [-0.4, -0.2) is 26.6 Å². The lowest BCUT2D eigenvalue weighted by Crippen LogP contribution is -2.43. The average molecular weight is 273 g/mol. The highest BCUT2D eigenvalue weighted by Gasteiger charge is 2.11. The van der Waals surface area contributed by atoms with Gasteiger partial charge in [0.25, 0.3) is 0 Å². The number of nitrogens with zero attached hydrogens (tertiary/aromatic N) is 3. The molecule has 2 aromatic heterocycles. The van der Waals surface area contributed by atoms with E-state index >= 15 is 0 Å². The number of amides is 2. The molecule has 6 heteroatoms. The van der Waals surface area contributed by atoms with E-state index in [9.17, 15) is 4.79 Å². The van der Waals surface area contributed by atoms with E-state index in [-0.39, 0.29) is 18.1 Å². The van der Waals surface area contributed by atoms with Crippen molar-refractivity contribution in [3.05, 3.63) is 48.8 Å². The van der Waals surface area contributed by atoms with Crippen LogP contribution in [0.2, 0.25) is 0 Å². The molecule has 0 aliphatic heterocycles. The lowest BCUT2D eigenvalue weighted by Gasteiger charge is -2.18. The summed E-state index contributed by atoms with van der Waals surface area (Å²) in [5.74, 6) is 0. The molecule has 2 N–H and O–H groups in total. The zero-order valence-electron chi connectivity index (χ0n) is 11.7.